The molecule has 0 aromatic heterocycles. The van der Waals surface area contributed by atoms with Crippen molar-refractivity contribution in [3.63, 3.8) is 0 Å². The maximum absolute atomic E-state index is 13.1. The lowest BCUT2D eigenvalue weighted by Crippen LogP contribution is -2.59. The van der Waals surface area contributed by atoms with Crippen LogP contribution in [0.25, 0.3) is 0 Å². The van der Waals surface area contributed by atoms with Gasteiger partial charge in [-0.25, -0.2) is 0 Å². The van der Waals surface area contributed by atoms with Crippen LogP contribution in [0.15, 0.2) is 24.3 Å². The Morgan fingerprint density at radius 1 is 1.33 bits per heavy atom. The first kappa shape index (κ1) is 17.0. The van der Waals surface area contributed by atoms with Crippen LogP contribution in [-0.2, 0) is 9.53 Å². The van der Waals surface area contributed by atoms with E-state index in [-0.39, 0.29) is 18.4 Å². The van der Waals surface area contributed by atoms with E-state index >= 15 is 0 Å². The van der Waals surface area contributed by atoms with Gasteiger partial charge in [0.1, 0.15) is 5.54 Å². The lowest BCUT2D eigenvalue weighted by molar-refractivity contribution is -0.133. The van der Waals surface area contributed by atoms with Gasteiger partial charge in [-0.2, -0.15) is 0 Å². The van der Waals surface area contributed by atoms with Gasteiger partial charge in [-0.1, -0.05) is 18.6 Å². The number of likely N-dealkylation sites (tertiary alicyclic amines) is 1. The van der Waals surface area contributed by atoms with Crippen molar-refractivity contribution < 1.29 is 14.3 Å². The predicted octanol–water partition coefficient (Wildman–Crippen LogP) is 2.32. The highest BCUT2D eigenvalue weighted by molar-refractivity contribution is 6.00. The van der Waals surface area contributed by atoms with Crippen molar-refractivity contribution in [1.82, 2.24) is 10.2 Å². The Kier molecular flexibility index (Phi) is 4.90. The molecule has 0 radical (unpaired) electrons. The molecule has 0 bridgehead atoms. The second-order valence-electron chi connectivity index (χ2n) is 6.86. The summed E-state index contributed by atoms with van der Waals surface area (Å²) in [7, 11) is 3.18. The van der Waals surface area contributed by atoms with E-state index in [0.29, 0.717) is 24.4 Å². The molecule has 2 fully saturated rings. The van der Waals surface area contributed by atoms with E-state index in [9.17, 15) is 9.59 Å². The Morgan fingerprint density at radius 2 is 2.12 bits per heavy atom. The van der Waals surface area contributed by atoms with E-state index in [2.05, 4.69) is 11.4 Å². The third-order valence-corrected chi connectivity index (χ3v) is 5.48. The molecule has 24 heavy (non-hydrogen) atoms. The van der Waals surface area contributed by atoms with Gasteiger partial charge >= 0.3 is 0 Å². The molecule has 5 heteroatoms. The highest BCUT2D eigenvalue weighted by atomic mass is 16.5. The highest BCUT2D eigenvalue weighted by Crippen LogP contribution is 2.37. The van der Waals surface area contributed by atoms with Crippen LogP contribution < -0.4 is 5.32 Å². The van der Waals surface area contributed by atoms with E-state index < -0.39 is 5.54 Å². The second-order valence-corrected chi connectivity index (χ2v) is 6.86. The molecule has 1 N–H and O–H groups in total. The Labute approximate surface area is 143 Å². The summed E-state index contributed by atoms with van der Waals surface area (Å²) < 4.78 is 5.30. The molecule has 3 rings (SSSR count). The minimum absolute atomic E-state index is 0.0747. The van der Waals surface area contributed by atoms with Crippen molar-refractivity contribution in [1.29, 1.82) is 0 Å². The van der Waals surface area contributed by atoms with Crippen molar-refractivity contribution in [2.24, 2.45) is 0 Å². The topological polar surface area (TPSA) is 58.6 Å². The summed E-state index contributed by atoms with van der Waals surface area (Å²) >= 11 is 0. The van der Waals surface area contributed by atoms with Crippen LogP contribution in [0.3, 0.4) is 0 Å². The van der Waals surface area contributed by atoms with Gasteiger partial charge in [0.2, 0.25) is 5.91 Å². The summed E-state index contributed by atoms with van der Waals surface area (Å²) in [5.41, 5.74) is 1.02. The van der Waals surface area contributed by atoms with Gasteiger partial charge in [-0.05, 0) is 49.3 Å². The number of likely N-dealkylation sites (N-methyl/N-ethyl adjacent to an activating group) is 1. The summed E-state index contributed by atoms with van der Waals surface area (Å²) in [6, 6.07) is 7.91. The second kappa shape index (κ2) is 6.93. The number of hydrogen-bond donors (Lipinski definition) is 1. The summed E-state index contributed by atoms with van der Waals surface area (Å²) in [5, 5.41) is 2.70. The third kappa shape index (κ3) is 2.81. The van der Waals surface area contributed by atoms with Gasteiger partial charge in [0, 0.05) is 26.3 Å². The van der Waals surface area contributed by atoms with E-state index in [1.54, 1.807) is 19.1 Å². The first-order chi connectivity index (χ1) is 11.6. The number of amides is 2. The molecule has 2 amide bonds. The number of rotatable bonds is 5. The smallest absolute Gasteiger partial charge is 0.254 e. The largest absolute Gasteiger partial charge is 0.382 e. The SMILES string of the molecule is CNC(=O)C1(COC)CCCN1C(=O)c1cccc(C2CCC2)c1. The van der Waals surface area contributed by atoms with Crippen molar-refractivity contribution in [2.75, 3.05) is 27.3 Å². The van der Waals surface area contributed by atoms with E-state index in [1.807, 2.05) is 18.2 Å². The first-order valence-electron chi connectivity index (χ1n) is 8.75. The normalized spacial score (nSPS) is 23.8. The van der Waals surface area contributed by atoms with Gasteiger partial charge in [0.25, 0.3) is 5.91 Å². The van der Waals surface area contributed by atoms with Crippen LogP contribution in [-0.4, -0.2) is 49.6 Å². The third-order valence-electron chi connectivity index (χ3n) is 5.48. The zero-order chi connectivity index (χ0) is 17.2. The number of nitrogens with zero attached hydrogens (tertiary/aromatic N) is 1. The molecule has 1 aromatic rings. The Morgan fingerprint density at radius 3 is 2.75 bits per heavy atom. The number of hydrogen-bond acceptors (Lipinski definition) is 3. The molecule has 5 nitrogen and oxygen atoms in total. The van der Waals surface area contributed by atoms with Crippen molar-refractivity contribution in [3.8, 4) is 0 Å². The van der Waals surface area contributed by atoms with Crippen LogP contribution in [0.1, 0.15) is 53.9 Å². The molecule has 1 heterocycles. The molecule has 0 spiro atoms. The molecule has 130 valence electrons. The summed E-state index contributed by atoms with van der Waals surface area (Å²) in [5.74, 6) is 0.360. The molecule has 1 aliphatic carbocycles. The average Bonchev–Trinajstić information content (AvgIpc) is 2.97. The summed E-state index contributed by atoms with van der Waals surface area (Å²) in [6.07, 6.45) is 5.11. The van der Waals surface area contributed by atoms with Crippen LogP contribution >= 0.6 is 0 Å². The lowest BCUT2D eigenvalue weighted by atomic mass is 9.79. The molecule has 1 aliphatic heterocycles. The van der Waals surface area contributed by atoms with Crippen LogP contribution in [0.2, 0.25) is 0 Å². The highest BCUT2D eigenvalue weighted by Gasteiger charge is 2.49. The van der Waals surface area contributed by atoms with E-state index in [1.165, 1.54) is 24.8 Å². The maximum atomic E-state index is 13.1. The fourth-order valence-corrected chi connectivity index (χ4v) is 3.92. The number of methoxy groups -OCH3 is 1. The minimum atomic E-state index is -0.896. The standard InChI is InChI=1S/C19H26N2O3/c1-20-18(23)19(13-24-2)10-5-11-21(19)17(22)16-9-4-8-15(12-16)14-6-3-7-14/h4,8-9,12,14H,3,5-7,10-11,13H2,1-2H3,(H,20,23). The van der Waals surface area contributed by atoms with Gasteiger partial charge in [0.05, 0.1) is 6.61 Å². The Balaban J connectivity index is 1.88. The maximum Gasteiger partial charge on any atom is 0.254 e. The molecule has 1 saturated heterocycles. The molecular formula is C19H26N2O3. The fraction of sp³-hybridized carbons (Fsp3) is 0.579. The van der Waals surface area contributed by atoms with Crippen LogP contribution in [0.4, 0.5) is 0 Å². The van der Waals surface area contributed by atoms with Crippen molar-refractivity contribution >= 4 is 11.8 Å². The van der Waals surface area contributed by atoms with Crippen molar-refractivity contribution in [2.45, 2.75) is 43.6 Å². The summed E-state index contributed by atoms with van der Waals surface area (Å²) in [4.78, 5) is 27.4. The molecule has 1 saturated carbocycles. The zero-order valence-electron chi connectivity index (χ0n) is 14.5. The van der Waals surface area contributed by atoms with Crippen molar-refractivity contribution in [3.05, 3.63) is 35.4 Å². The number of nitrogens with one attached hydrogen (secondary N) is 1. The lowest BCUT2D eigenvalue weighted by Gasteiger charge is -2.36. The Bertz CT molecular complexity index is 627. The average molecular weight is 330 g/mol. The quantitative estimate of drug-likeness (QED) is 0.901. The molecule has 2 aliphatic rings. The Hall–Kier alpha value is -1.88. The predicted molar refractivity (Wildman–Crippen MR) is 92.0 cm³/mol. The van der Waals surface area contributed by atoms with Gasteiger partial charge in [0.15, 0.2) is 0 Å². The minimum Gasteiger partial charge on any atom is -0.382 e. The van der Waals surface area contributed by atoms with Crippen LogP contribution in [0.5, 0.6) is 0 Å². The molecule has 1 aromatic carbocycles. The monoisotopic (exact) mass is 330 g/mol. The molecule has 1 atom stereocenters. The van der Waals surface area contributed by atoms with E-state index in [0.717, 1.165) is 6.42 Å². The number of carbonyl (C=O) groups is 2. The number of benzene rings is 1. The number of ether oxygens (including phenoxy) is 1. The zero-order valence-corrected chi connectivity index (χ0v) is 14.5. The molecular weight excluding hydrogens is 304 g/mol. The van der Waals surface area contributed by atoms with E-state index in [4.69, 9.17) is 4.74 Å². The first-order valence-corrected chi connectivity index (χ1v) is 8.75. The molecule has 1 unspecified atom stereocenters. The fourth-order valence-electron chi connectivity index (χ4n) is 3.92. The number of carbonyl (C=O) groups excluding carboxylic acids is 2. The van der Waals surface area contributed by atoms with Gasteiger partial charge in [-0.3, -0.25) is 9.59 Å². The van der Waals surface area contributed by atoms with Gasteiger partial charge < -0.3 is 15.0 Å². The van der Waals surface area contributed by atoms with Crippen LogP contribution in [0, 0.1) is 0 Å². The summed E-state index contributed by atoms with van der Waals surface area (Å²) in [6.45, 7) is 0.810. The van der Waals surface area contributed by atoms with Gasteiger partial charge in [-0.15, -0.1) is 0 Å².